The van der Waals surface area contributed by atoms with Crippen LogP contribution in [0.2, 0.25) is 5.02 Å². The predicted octanol–water partition coefficient (Wildman–Crippen LogP) is 1.04. The standard InChI is InChI=1S/C15H15ClFN5O2S/c1-25(23,24)10-4-2-8(3-5-10)13-11(16)6-9(7-12(13)17)15(19)20-14(18)21-22-15/h2-7,22H,19H2,1H3,(H3,18,20,21). The van der Waals surface area contributed by atoms with Gasteiger partial charge in [-0.15, -0.1) is 0 Å². The molecule has 132 valence electrons. The van der Waals surface area contributed by atoms with Gasteiger partial charge in [-0.25, -0.2) is 17.8 Å². The lowest BCUT2D eigenvalue weighted by Gasteiger charge is -2.22. The lowest BCUT2D eigenvalue weighted by Crippen LogP contribution is -2.50. The van der Waals surface area contributed by atoms with Crippen LogP contribution in [-0.4, -0.2) is 20.6 Å². The van der Waals surface area contributed by atoms with E-state index in [1.54, 1.807) is 0 Å². The third-order valence-corrected chi connectivity index (χ3v) is 5.16. The Morgan fingerprint density at radius 2 is 1.88 bits per heavy atom. The van der Waals surface area contributed by atoms with Crippen LogP contribution in [0.3, 0.4) is 0 Å². The molecule has 6 N–H and O–H groups in total. The van der Waals surface area contributed by atoms with Gasteiger partial charge in [0.25, 0.3) is 0 Å². The molecule has 10 heteroatoms. The number of hydrogen-bond acceptors (Lipinski definition) is 7. The highest BCUT2D eigenvalue weighted by molar-refractivity contribution is 7.90. The topological polar surface area (TPSA) is 123 Å². The summed E-state index contributed by atoms with van der Waals surface area (Å²) in [4.78, 5) is 4.11. The summed E-state index contributed by atoms with van der Waals surface area (Å²) in [5, 5.41) is 0.106. The number of rotatable bonds is 3. The summed E-state index contributed by atoms with van der Waals surface area (Å²) in [6, 6.07) is 8.44. The fourth-order valence-corrected chi connectivity index (χ4v) is 3.43. The molecule has 2 aromatic carbocycles. The van der Waals surface area contributed by atoms with Gasteiger partial charge in [-0.3, -0.25) is 11.2 Å². The largest absolute Gasteiger partial charge is 0.369 e. The van der Waals surface area contributed by atoms with E-state index in [1.807, 2.05) is 0 Å². The first kappa shape index (κ1) is 17.6. The average Bonchev–Trinajstić information content (AvgIpc) is 2.87. The Balaban J connectivity index is 2.04. The minimum atomic E-state index is -3.34. The SMILES string of the molecule is CS(=O)(=O)c1ccc(-c2c(F)cc(C3(N)N=C(N)NN3)cc2Cl)cc1. The molecule has 0 spiro atoms. The first-order valence-electron chi connectivity index (χ1n) is 7.07. The maximum atomic E-state index is 14.7. The van der Waals surface area contributed by atoms with Crippen molar-refractivity contribution in [3.05, 3.63) is 52.8 Å². The molecule has 7 nitrogen and oxygen atoms in total. The molecule has 1 unspecified atom stereocenters. The highest BCUT2D eigenvalue weighted by Crippen LogP contribution is 2.34. The summed E-state index contributed by atoms with van der Waals surface area (Å²) < 4.78 is 37.7. The normalized spacial score (nSPS) is 20.2. The van der Waals surface area contributed by atoms with Crippen molar-refractivity contribution in [1.29, 1.82) is 0 Å². The number of guanidine groups is 1. The quantitative estimate of drug-likeness (QED) is 0.628. The monoisotopic (exact) mass is 383 g/mol. The van der Waals surface area contributed by atoms with Gasteiger partial charge in [0.2, 0.25) is 11.7 Å². The van der Waals surface area contributed by atoms with Crippen LogP contribution < -0.4 is 22.3 Å². The molecule has 0 radical (unpaired) electrons. The van der Waals surface area contributed by atoms with Crippen LogP contribution >= 0.6 is 11.6 Å². The van der Waals surface area contributed by atoms with Crippen LogP contribution in [0, 0.1) is 5.82 Å². The third kappa shape index (κ3) is 3.31. The fraction of sp³-hybridized carbons (Fsp3) is 0.133. The lowest BCUT2D eigenvalue weighted by atomic mass is 10.0. The molecule has 1 heterocycles. The van der Waals surface area contributed by atoms with Crippen molar-refractivity contribution >= 4 is 27.4 Å². The number of benzene rings is 2. The van der Waals surface area contributed by atoms with E-state index in [2.05, 4.69) is 15.8 Å². The molecular weight excluding hydrogens is 369 g/mol. The molecular formula is C15H15ClFN5O2S. The van der Waals surface area contributed by atoms with E-state index in [4.69, 9.17) is 23.1 Å². The number of aliphatic imine (C=N–C) groups is 1. The van der Waals surface area contributed by atoms with Crippen molar-refractivity contribution in [2.45, 2.75) is 10.7 Å². The van der Waals surface area contributed by atoms with Crippen molar-refractivity contribution in [3.8, 4) is 11.1 Å². The molecule has 0 aromatic heterocycles. The van der Waals surface area contributed by atoms with Gasteiger partial charge in [0, 0.05) is 17.4 Å². The van der Waals surface area contributed by atoms with Crippen LogP contribution in [0.15, 0.2) is 46.3 Å². The Hall–Kier alpha value is -2.20. The highest BCUT2D eigenvalue weighted by Gasteiger charge is 2.33. The average molecular weight is 384 g/mol. The van der Waals surface area contributed by atoms with Gasteiger partial charge in [-0.2, -0.15) is 5.43 Å². The Morgan fingerprint density at radius 3 is 2.36 bits per heavy atom. The summed E-state index contributed by atoms with van der Waals surface area (Å²) in [6.07, 6.45) is 1.10. The van der Waals surface area contributed by atoms with Gasteiger partial charge in [-0.05, 0) is 29.8 Å². The van der Waals surface area contributed by atoms with Crippen LogP contribution in [0.4, 0.5) is 4.39 Å². The van der Waals surface area contributed by atoms with Crippen molar-refractivity contribution < 1.29 is 12.8 Å². The van der Waals surface area contributed by atoms with Gasteiger partial charge in [0.05, 0.1) is 9.92 Å². The van der Waals surface area contributed by atoms with Crippen LogP contribution in [0.5, 0.6) is 0 Å². The van der Waals surface area contributed by atoms with Crippen molar-refractivity contribution in [2.24, 2.45) is 16.5 Å². The second-order valence-electron chi connectivity index (χ2n) is 5.62. The summed E-state index contributed by atoms with van der Waals surface area (Å²) in [5.74, 6) is -1.99. The number of hydrazine groups is 1. The molecule has 1 atom stereocenters. The Kier molecular flexibility index (Phi) is 4.20. The molecule has 0 amide bonds. The molecule has 25 heavy (non-hydrogen) atoms. The van der Waals surface area contributed by atoms with E-state index >= 15 is 0 Å². The Morgan fingerprint density at radius 1 is 1.24 bits per heavy atom. The number of nitrogens with two attached hydrogens (primary N) is 2. The van der Waals surface area contributed by atoms with Crippen LogP contribution in [-0.2, 0) is 15.6 Å². The molecule has 0 fully saturated rings. The van der Waals surface area contributed by atoms with Crippen LogP contribution in [0.25, 0.3) is 11.1 Å². The molecule has 0 saturated carbocycles. The molecule has 3 rings (SSSR count). The first-order chi connectivity index (χ1) is 11.6. The maximum Gasteiger partial charge on any atom is 0.209 e. The summed E-state index contributed by atoms with van der Waals surface area (Å²) in [7, 11) is -3.34. The smallest absolute Gasteiger partial charge is 0.209 e. The Labute approximate surface area is 148 Å². The van der Waals surface area contributed by atoms with Crippen molar-refractivity contribution in [2.75, 3.05) is 6.26 Å². The van der Waals surface area contributed by atoms with E-state index in [1.165, 1.54) is 36.4 Å². The van der Waals surface area contributed by atoms with Gasteiger partial charge in [0.15, 0.2) is 9.84 Å². The first-order valence-corrected chi connectivity index (χ1v) is 9.34. The summed E-state index contributed by atoms with van der Waals surface area (Å²) in [5.41, 5.74) is 17.6. The van der Waals surface area contributed by atoms with Gasteiger partial charge in [-0.1, -0.05) is 23.7 Å². The van der Waals surface area contributed by atoms with Gasteiger partial charge >= 0.3 is 0 Å². The van der Waals surface area contributed by atoms with E-state index in [9.17, 15) is 12.8 Å². The van der Waals surface area contributed by atoms with Crippen molar-refractivity contribution in [3.63, 3.8) is 0 Å². The van der Waals surface area contributed by atoms with E-state index in [0.29, 0.717) is 5.56 Å². The number of hydrogen-bond donors (Lipinski definition) is 4. The molecule has 2 aromatic rings. The number of nitrogens with one attached hydrogen (secondary N) is 2. The third-order valence-electron chi connectivity index (χ3n) is 3.73. The molecule has 0 aliphatic carbocycles. The molecule has 0 bridgehead atoms. The summed E-state index contributed by atoms with van der Waals surface area (Å²) >= 11 is 6.23. The number of sulfone groups is 1. The fourth-order valence-electron chi connectivity index (χ4n) is 2.48. The zero-order valence-electron chi connectivity index (χ0n) is 13.0. The van der Waals surface area contributed by atoms with Crippen LogP contribution in [0.1, 0.15) is 5.56 Å². The van der Waals surface area contributed by atoms with Gasteiger partial charge < -0.3 is 5.73 Å². The molecule has 1 aliphatic rings. The summed E-state index contributed by atoms with van der Waals surface area (Å²) in [6.45, 7) is 0. The maximum absolute atomic E-state index is 14.7. The number of halogens is 2. The van der Waals surface area contributed by atoms with Gasteiger partial charge in [0.1, 0.15) is 5.82 Å². The molecule has 0 saturated heterocycles. The second kappa shape index (κ2) is 5.95. The van der Waals surface area contributed by atoms with E-state index < -0.39 is 21.4 Å². The molecule has 1 aliphatic heterocycles. The van der Waals surface area contributed by atoms with E-state index in [0.717, 1.165) is 6.26 Å². The number of nitrogens with zero attached hydrogens (tertiary/aromatic N) is 1. The van der Waals surface area contributed by atoms with Crippen molar-refractivity contribution in [1.82, 2.24) is 10.9 Å². The predicted molar refractivity (Wildman–Crippen MR) is 93.7 cm³/mol. The highest BCUT2D eigenvalue weighted by atomic mass is 35.5. The lowest BCUT2D eigenvalue weighted by molar-refractivity contribution is 0.373. The Bertz CT molecular complexity index is 955. The minimum absolute atomic E-state index is 0.0690. The second-order valence-corrected chi connectivity index (χ2v) is 8.05. The zero-order valence-corrected chi connectivity index (χ0v) is 14.6. The van der Waals surface area contributed by atoms with E-state index in [-0.39, 0.29) is 27.0 Å². The minimum Gasteiger partial charge on any atom is -0.369 e. The zero-order chi connectivity index (χ0) is 18.4.